The van der Waals surface area contributed by atoms with Gasteiger partial charge in [-0.1, -0.05) is 30.3 Å². The van der Waals surface area contributed by atoms with E-state index in [0.717, 1.165) is 32.5 Å². The van der Waals surface area contributed by atoms with Crippen LogP contribution in [0.5, 0.6) is 0 Å². The summed E-state index contributed by atoms with van der Waals surface area (Å²) in [5, 5.41) is 5.37. The maximum absolute atomic E-state index is 11.8. The lowest BCUT2D eigenvalue weighted by molar-refractivity contribution is -0.204. The Balaban J connectivity index is 1.70. The Morgan fingerprint density at radius 2 is 1.86 bits per heavy atom. The minimum Gasteiger partial charge on any atom is -0.367 e. The van der Waals surface area contributed by atoms with Gasteiger partial charge in [-0.3, -0.25) is 0 Å². The van der Waals surface area contributed by atoms with Crippen LogP contribution < -0.4 is 5.32 Å². The molecule has 1 aromatic rings. The van der Waals surface area contributed by atoms with Gasteiger partial charge in [0.25, 0.3) is 0 Å². The van der Waals surface area contributed by atoms with Crippen molar-refractivity contribution < 1.29 is 9.63 Å². The van der Waals surface area contributed by atoms with Gasteiger partial charge in [0.2, 0.25) is 0 Å². The molecular weight excluding hydrogens is 264 g/mol. The summed E-state index contributed by atoms with van der Waals surface area (Å²) in [6.45, 7) is 8.13. The summed E-state index contributed by atoms with van der Waals surface area (Å²) in [4.78, 5) is 17.3. The molecule has 116 valence electrons. The summed E-state index contributed by atoms with van der Waals surface area (Å²) in [5.41, 5.74) is 0.863. The lowest BCUT2D eigenvalue weighted by Crippen LogP contribution is -2.44. The third kappa shape index (κ3) is 5.14. The van der Waals surface area contributed by atoms with Crippen molar-refractivity contribution in [3.63, 3.8) is 0 Å². The largest absolute Gasteiger partial charge is 0.367 e. The van der Waals surface area contributed by atoms with Crippen LogP contribution in [0.2, 0.25) is 0 Å². The molecule has 1 aliphatic heterocycles. The van der Waals surface area contributed by atoms with Crippen LogP contribution >= 0.6 is 0 Å². The SMILES string of the molecule is CC(C)(C)C(=O)ON1CCC(NCc2ccccc2)CC1. The minimum atomic E-state index is -0.442. The normalized spacial score (nSPS) is 17.7. The number of hydrogen-bond acceptors (Lipinski definition) is 4. The van der Waals surface area contributed by atoms with Gasteiger partial charge in [-0.15, -0.1) is 5.06 Å². The van der Waals surface area contributed by atoms with E-state index in [2.05, 4.69) is 29.6 Å². The fourth-order valence-electron chi connectivity index (χ4n) is 2.26. The van der Waals surface area contributed by atoms with Crippen molar-refractivity contribution in [3.05, 3.63) is 35.9 Å². The number of nitrogens with one attached hydrogen (secondary N) is 1. The average molecular weight is 290 g/mol. The number of hydroxylamine groups is 2. The lowest BCUT2D eigenvalue weighted by Gasteiger charge is -2.32. The monoisotopic (exact) mass is 290 g/mol. The highest BCUT2D eigenvalue weighted by atomic mass is 16.7. The Bertz CT molecular complexity index is 446. The van der Waals surface area contributed by atoms with Crippen LogP contribution in [0.15, 0.2) is 30.3 Å². The van der Waals surface area contributed by atoms with Gasteiger partial charge in [-0.25, -0.2) is 4.79 Å². The molecule has 1 heterocycles. The minimum absolute atomic E-state index is 0.154. The molecule has 0 spiro atoms. The second-order valence-corrected chi connectivity index (χ2v) is 6.70. The molecule has 1 saturated heterocycles. The molecule has 4 heteroatoms. The van der Waals surface area contributed by atoms with Crippen molar-refractivity contribution in [3.8, 4) is 0 Å². The molecule has 21 heavy (non-hydrogen) atoms. The number of rotatable bonds is 4. The average Bonchev–Trinajstić information content (AvgIpc) is 2.46. The Labute approximate surface area is 127 Å². The van der Waals surface area contributed by atoms with Crippen molar-refractivity contribution in [2.75, 3.05) is 13.1 Å². The lowest BCUT2D eigenvalue weighted by atomic mass is 9.98. The van der Waals surface area contributed by atoms with E-state index in [-0.39, 0.29) is 5.97 Å². The molecule has 1 aromatic carbocycles. The Kier molecular flexibility index (Phi) is 5.37. The van der Waals surface area contributed by atoms with Gasteiger partial charge < -0.3 is 10.2 Å². The predicted molar refractivity (Wildman–Crippen MR) is 83.4 cm³/mol. The van der Waals surface area contributed by atoms with Crippen molar-refractivity contribution in [2.24, 2.45) is 5.41 Å². The smallest absolute Gasteiger partial charge is 0.330 e. The van der Waals surface area contributed by atoms with Gasteiger partial charge >= 0.3 is 5.97 Å². The number of carbonyl (C=O) groups is 1. The van der Waals surface area contributed by atoms with Crippen molar-refractivity contribution in [2.45, 2.75) is 46.2 Å². The molecule has 0 bridgehead atoms. The number of hydrogen-bond donors (Lipinski definition) is 1. The first kappa shape index (κ1) is 16.0. The number of nitrogens with zero attached hydrogens (tertiary/aromatic N) is 1. The van der Waals surface area contributed by atoms with Crippen LogP contribution in [0.25, 0.3) is 0 Å². The second kappa shape index (κ2) is 7.05. The Hall–Kier alpha value is -1.39. The molecule has 1 aliphatic rings. The van der Waals surface area contributed by atoms with Gasteiger partial charge in [0.1, 0.15) is 0 Å². The van der Waals surface area contributed by atoms with E-state index in [1.807, 2.05) is 26.8 Å². The molecule has 0 aliphatic carbocycles. The first-order chi connectivity index (χ1) is 9.95. The van der Waals surface area contributed by atoms with Gasteiger partial charge in [0.05, 0.1) is 5.41 Å². The van der Waals surface area contributed by atoms with Crippen LogP contribution in [-0.2, 0) is 16.2 Å². The molecule has 0 saturated carbocycles. The van der Waals surface area contributed by atoms with Crippen LogP contribution in [0.1, 0.15) is 39.2 Å². The third-order valence-corrected chi connectivity index (χ3v) is 3.72. The summed E-state index contributed by atoms with van der Waals surface area (Å²) in [5.74, 6) is -0.154. The van der Waals surface area contributed by atoms with E-state index in [1.165, 1.54) is 5.56 Å². The Morgan fingerprint density at radius 1 is 1.24 bits per heavy atom. The summed E-state index contributed by atoms with van der Waals surface area (Å²) < 4.78 is 0. The van der Waals surface area contributed by atoms with Gasteiger partial charge in [0.15, 0.2) is 0 Å². The first-order valence-electron chi connectivity index (χ1n) is 7.70. The molecule has 0 atom stereocenters. The fourth-order valence-corrected chi connectivity index (χ4v) is 2.26. The first-order valence-corrected chi connectivity index (χ1v) is 7.70. The molecule has 2 rings (SSSR count). The standard InChI is InChI=1S/C17H26N2O2/c1-17(2,3)16(20)21-19-11-9-15(10-12-19)18-13-14-7-5-4-6-8-14/h4-8,15,18H,9-13H2,1-3H3. The molecular formula is C17H26N2O2. The second-order valence-electron chi connectivity index (χ2n) is 6.70. The molecule has 4 nitrogen and oxygen atoms in total. The zero-order valence-corrected chi connectivity index (χ0v) is 13.3. The van der Waals surface area contributed by atoms with E-state index in [1.54, 1.807) is 5.06 Å². The van der Waals surface area contributed by atoms with Crippen molar-refractivity contribution in [1.82, 2.24) is 10.4 Å². The quantitative estimate of drug-likeness (QED) is 0.926. The highest BCUT2D eigenvalue weighted by Crippen LogP contribution is 2.18. The molecule has 1 N–H and O–H groups in total. The topological polar surface area (TPSA) is 41.6 Å². The predicted octanol–water partition coefficient (Wildman–Crippen LogP) is 2.74. The summed E-state index contributed by atoms with van der Waals surface area (Å²) >= 11 is 0. The van der Waals surface area contributed by atoms with Crippen molar-refractivity contribution >= 4 is 5.97 Å². The number of piperidine rings is 1. The summed E-state index contributed by atoms with van der Waals surface area (Å²) in [6, 6.07) is 10.9. The van der Waals surface area contributed by atoms with Gasteiger partial charge in [-0.05, 0) is 39.2 Å². The molecule has 1 fully saturated rings. The van der Waals surface area contributed by atoms with E-state index in [0.29, 0.717) is 6.04 Å². The van der Waals surface area contributed by atoms with Gasteiger partial charge in [-0.2, -0.15) is 0 Å². The summed E-state index contributed by atoms with van der Waals surface area (Å²) in [7, 11) is 0. The van der Waals surface area contributed by atoms with Crippen LogP contribution in [0.4, 0.5) is 0 Å². The molecule has 0 aromatic heterocycles. The van der Waals surface area contributed by atoms with Crippen LogP contribution in [0.3, 0.4) is 0 Å². The van der Waals surface area contributed by atoms with Crippen LogP contribution in [-0.4, -0.2) is 30.2 Å². The van der Waals surface area contributed by atoms with E-state index in [9.17, 15) is 4.79 Å². The highest BCUT2D eigenvalue weighted by Gasteiger charge is 2.28. The van der Waals surface area contributed by atoms with E-state index < -0.39 is 5.41 Å². The van der Waals surface area contributed by atoms with Crippen molar-refractivity contribution in [1.29, 1.82) is 0 Å². The Morgan fingerprint density at radius 3 is 2.43 bits per heavy atom. The van der Waals surface area contributed by atoms with E-state index in [4.69, 9.17) is 4.84 Å². The number of carbonyl (C=O) groups excluding carboxylic acids is 1. The highest BCUT2D eigenvalue weighted by molar-refractivity contribution is 5.75. The maximum atomic E-state index is 11.8. The zero-order valence-electron chi connectivity index (χ0n) is 13.3. The molecule has 0 unspecified atom stereocenters. The van der Waals surface area contributed by atoms with E-state index >= 15 is 0 Å². The van der Waals surface area contributed by atoms with Crippen LogP contribution in [0, 0.1) is 5.41 Å². The molecule has 0 amide bonds. The zero-order chi connectivity index (χ0) is 15.3. The van der Waals surface area contributed by atoms with Gasteiger partial charge in [0, 0.05) is 25.7 Å². The molecule has 0 radical (unpaired) electrons. The fraction of sp³-hybridized carbons (Fsp3) is 0.588. The number of benzene rings is 1. The summed E-state index contributed by atoms with van der Waals surface area (Å²) in [6.07, 6.45) is 2.01. The maximum Gasteiger partial charge on any atom is 0.330 e. The third-order valence-electron chi connectivity index (χ3n) is 3.72.